The minimum Gasteiger partial charge on any atom is -0.376 e. The zero-order valence-electron chi connectivity index (χ0n) is 9.71. The molecule has 0 spiro atoms. The Morgan fingerprint density at radius 2 is 2.27 bits per heavy atom. The summed E-state index contributed by atoms with van der Waals surface area (Å²) in [5, 5.41) is 2.90. The van der Waals surface area contributed by atoms with E-state index in [0.717, 1.165) is 19.4 Å². The molecule has 1 aliphatic heterocycles. The van der Waals surface area contributed by atoms with Crippen molar-refractivity contribution in [2.75, 3.05) is 19.7 Å². The van der Waals surface area contributed by atoms with E-state index in [1.807, 2.05) is 13.8 Å². The van der Waals surface area contributed by atoms with Crippen LogP contribution in [0.2, 0.25) is 0 Å². The second-order valence-corrected chi connectivity index (χ2v) is 4.79. The molecule has 0 aliphatic carbocycles. The van der Waals surface area contributed by atoms with E-state index in [0.29, 0.717) is 13.1 Å². The molecular weight excluding hydrogens is 192 g/mol. The third-order valence-corrected chi connectivity index (χ3v) is 2.89. The Labute approximate surface area is 91.5 Å². The highest BCUT2D eigenvalue weighted by Crippen LogP contribution is 2.14. The van der Waals surface area contributed by atoms with E-state index in [9.17, 15) is 4.79 Å². The zero-order chi connectivity index (χ0) is 11.3. The summed E-state index contributed by atoms with van der Waals surface area (Å²) < 4.78 is 5.53. The van der Waals surface area contributed by atoms with E-state index in [1.54, 1.807) is 0 Å². The summed E-state index contributed by atoms with van der Waals surface area (Å²) in [6, 6.07) is 0. The van der Waals surface area contributed by atoms with Gasteiger partial charge in [0.1, 0.15) is 0 Å². The summed E-state index contributed by atoms with van der Waals surface area (Å²) in [5.41, 5.74) is 5.05. The first-order chi connectivity index (χ1) is 7.06. The van der Waals surface area contributed by atoms with E-state index < -0.39 is 5.41 Å². The molecule has 1 fully saturated rings. The normalized spacial score (nSPS) is 22.5. The van der Waals surface area contributed by atoms with Crippen LogP contribution >= 0.6 is 0 Å². The molecule has 1 unspecified atom stereocenters. The number of amides is 1. The molecule has 15 heavy (non-hydrogen) atoms. The lowest BCUT2D eigenvalue weighted by molar-refractivity contribution is -0.129. The first-order valence-corrected chi connectivity index (χ1v) is 5.66. The van der Waals surface area contributed by atoms with Crippen LogP contribution in [-0.2, 0) is 9.53 Å². The van der Waals surface area contributed by atoms with E-state index in [-0.39, 0.29) is 12.0 Å². The number of hydrogen-bond acceptors (Lipinski definition) is 3. The molecule has 4 nitrogen and oxygen atoms in total. The maximum atomic E-state index is 11.7. The SMILES string of the molecule is CC(C)(CN)C(=O)NCC1CCCCO1. The van der Waals surface area contributed by atoms with Gasteiger partial charge in [-0.25, -0.2) is 0 Å². The predicted molar refractivity (Wildman–Crippen MR) is 59.4 cm³/mol. The van der Waals surface area contributed by atoms with Crippen molar-refractivity contribution >= 4 is 5.91 Å². The molecule has 88 valence electrons. The summed E-state index contributed by atoms with van der Waals surface area (Å²) in [6.07, 6.45) is 3.57. The van der Waals surface area contributed by atoms with Crippen molar-refractivity contribution in [3.63, 3.8) is 0 Å². The van der Waals surface area contributed by atoms with Gasteiger partial charge in [-0.2, -0.15) is 0 Å². The summed E-state index contributed by atoms with van der Waals surface area (Å²) in [7, 11) is 0. The Balaban J connectivity index is 2.26. The van der Waals surface area contributed by atoms with Gasteiger partial charge in [0.15, 0.2) is 0 Å². The molecule has 0 bridgehead atoms. The number of rotatable bonds is 4. The predicted octanol–water partition coefficient (Wildman–Crippen LogP) is 0.657. The number of carbonyl (C=O) groups excluding carboxylic acids is 1. The zero-order valence-corrected chi connectivity index (χ0v) is 9.71. The van der Waals surface area contributed by atoms with Crippen molar-refractivity contribution in [3.8, 4) is 0 Å². The maximum absolute atomic E-state index is 11.7. The van der Waals surface area contributed by atoms with Gasteiger partial charge in [-0.05, 0) is 33.1 Å². The number of hydrogen-bond donors (Lipinski definition) is 2. The van der Waals surface area contributed by atoms with Crippen molar-refractivity contribution < 1.29 is 9.53 Å². The van der Waals surface area contributed by atoms with Gasteiger partial charge < -0.3 is 15.8 Å². The van der Waals surface area contributed by atoms with Crippen LogP contribution in [0.25, 0.3) is 0 Å². The minimum absolute atomic E-state index is 0.0131. The standard InChI is InChI=1S/C11H22N2O2/c1-11(2,8-12)10(14)13-7-9-5-3-4-6-15-9/h9H,3-8,12H2,1-2H3,(H,13,14). The van der Waals surface area contributed by atoms with Gasteiger partial charge in [0, 0.05) is 19.7 Å². The Bertz CT molecular complexity index is 211. The van der Waals surface area contributed by atoms with Crippen molar-refractivity contribution in [1.29, 1.82) is 0 Å². The lowest BCUT2D eigenvalue weighted by Crippen LogP contribution is -2.45. The highest BCUT2D eigenvalue weighted by Gasteiger charge is 2.26. The third kappa shape index (κ3) is 3.80. The number of carbonyl (C=O) groups is 1. The van der Waals surface area contributed by atoms with E-state index in [2.05, 4.69) is 5.32 Å². The highest BCUT2D eigenvalue weighted by molar-refractivity contribution is 5.82. The van der Waals surface area contributed by atoms with Gasteiger partial charge in [0.25, 0.3) is 0 Å². The van der Waals surface area contributed by atoms with E-state index in [1.165, 1.54) is 6.42 Å². The second-order valence-electron chi connectivity index (χ2n) is 4.79. The van der Waals surface area contributed by atoms with Gasteiger partial charge in [-0.1, -0.05) is 0 Å². The van der Waals surface area contributed by atoms with Gasteiger partial charge in [-0.3, -0.25) is 4.79 Å². The van der Waals surface area contributed by atoms with Crippen LogP contribution in [0, 0.1) is 5.41 Å². The Kier molecular flexibility index (Phi) is 4.54. The molecule has 0 aromatic rings. The van der Waals surface area contributed by atoms with Crippen LogP contribution in [0.4, 0.5) is 0 Å². The fourth-order valence-corrected chi connectivity index (χ4v) is 1.51. The molecule has 0 aromatic carbocycles. The molecule has 1 aliphatic rings. The van der Waals surface area contributed by atoms with Crippen molar-refractivity contribution in [2.45, 2.75) is 39.2 Å². The molecule has 4 heteroatoms. The average molecular weight is 214 g/mol. The molecule has 1 saturated heterocycles. The van der Waals surface area contributed by atoms with Crippen LogP contribution in [0.5, 0.6) is 0 Å². The van der Waals surface area contributed by atoms with Crippen molar-refractivity contribution in [1.82, 2.24) is 5.32 Å². The lowest BCUT2D eigenvalue weighted by atomic mass is 9.92. The van der Waals surface area contributed by atoms with Gasteiger partial charge >= 0.3 is 0 Å². The molecular formula is C11H22N2O2. The molecule has 1 rings (SSSR count). The molecule has 1 amide bonds. The lowest BCUT2D eigenvalue weighted by Gasteiger charge is -2.26. The van der Waals surface area contributed by atoms with Gasteiger partial charge in [0.2, 0.25) is 5.91 Å². The fraction of sp³-hybridized carbons (Fsp3) is 0.909. The van der Waals surface area contributed by atoms with Gasteiger partial charge in [0.05, 0.1) is 11.5 Å². The molecule has 0 radical (unpaired) electrons. The first-order valence-electron chi connectivity index (χ1n) is 5.66. The minimum atomic E-state index is -0.478. The smallest absolute Gasteiger partial charge is 0.227 e. The summed E-state index contributed by atoms with van der Waals surface area (Å²) >= 11 is 0. The largest absolute Gasteiger partial charge is 0.376 e. The van der Waals surface area contributed by atoms with Crippen LogP contribution < -0.4 is 11.1 Å². The Morgan fingerprint density at radius 1 is 1.53 bits per heavy atom. The number of ether oxygens (including phenoxy) is 1. The molecule has 0 aromatic heterocycles. The van der Waals surface area contributed by atoms with Crippen LogP contribution in [0.1, 0.15) is 33.1 Å². The molecule has 1 heterocycles. The summed E-state index contributed by atoms with van der Waals surface area (Å²) in [4.78, 5) is 11.7. The topological polar surface area (TPSA) is 64.4 Å². The number of nitrogens with two attached hydrogens (primary N) is 1. The molecule has 1 atom stereocenters. The maximum Gasteiger partial charge on any atom is 0.227 e. The van der Waals surface area contributed by atoms with Gasteiger partial charge in [-0.15, -0.1) is 0 Å². The van der Waals surface area contributed by atoms with Crippen molar-refractivity contribution in [3.05, 3.63) is 0 Å². The summed E-state index contributed by atoms with van der Waals surface area (Å²) in [6.45, 7) is 5.50. The summed E-state index contributed by atoms with van der Waals surface area (Å²) in [5.74, 6) is 0.0131. The second kappa shape index (κ2) is 5.47. The fourth-order valence-electron chi connectivity index (χ4n) is 1.51. The van der Waals surface area contributed by atoms with Crippen LogP contribution in [-0.4, -0.2) is 31.7 Å². The Morgan fingerprint density at radius 3 is 2.80 bits per heavy atom. The number of nitrogens with one attached hydrogen (secondary N) is 1. The molecule has 0 saturated carbocycles. The van der Waals surface area contributed by atoms with Crippen LogP contribution in [0.3, 0.4) is 0 Å². The first kappa shape index (κ1) is 12.5. The van der Waals surface area contributed by atoms with Crippen molar-refractivity contribution in [2.24, 2.45) is 11.1 Å². The van der Waals surface area contributed by atoms with E-state index in [4.69, 9.17) is 10.5 Å². The monoisotopic (exact) mass is 214 g/mol. The Hall–Kier alpha value is -0.610. The van der Waals surface area contributed by atoms with E-state index >= 15 is 0 Å². The third-order valence-electron chi connectivity index (χ3n) is 2.89. The quantitative estimate of drug-likeness (QED) is 0.722. The van der Waals surface area contributed by atoms with Crippen LogP contribution in [0.15, 0.2) is 0 Å². The molecule has 3 N–H and O–H groups in total. The highest BCUT2D eigenvalue weighted by atomic mass is 16.5. The average Bonchev–Trinajstić information content (AvgIpc) is 2.27.